The first-order valence-corrected chi connectivity index (χ1v) is 8.50. The van der Waals surface area contributed by atoms with Gasteiger partial charge in [-0.3, -0.25) is 4.79 Å². The van der Waals surface area contributed by atoms with Crippen LogP contribution in [0.2, 0.25) is 0 Å². The van der Waals surface area contributed by atoms with E-state index in [1.165, 1.54) is 7.11 Å². The monoisotopic (exact) mass is 373 g/mol. The van der Waals surface area contributed by atoms with E-state index in [4.69, 9.17) is 19.3 Å². The van der Waals surface area contributed by atoms with Crippen LogP contribution in [0.15, 0.2) is 42.5 Å². The van der Waals surface area contributed by atoms with Gasteiger partial charge in [-0.2, -0.15) is 0 Å². The lowest BCUT2D eigenvalue weighted by atomic mass is 10.1. The number of carboxylic acid groups (broad SMARTS) is 1. The Hall–Kier alpha value is -3.22. The Balaban J connectivity index is 2.03. The van der Waals surface area contributed by atoms with Crippen molar-refractivity contribution in [3.05, 3.63) is 53.6 Å². The Morgan fingerprint density at radius 2 is 1.78 bits per heavy atom. The Labute approximate surface area is 157 Å². The highest BCUT2D eigenvalue weighted by molar-refractivity contribution is 5.95. The van der Waals surface area contributed by atoms with Crippen molar-refractivity contribution in [2.24, 2.45) is 0 Å². The molecule has 144 valence electrons. The van der Waals surface area contributed by atoms with Crippen molar-refractivity contribution in [1.29, 1.82) is 0 Å². The summed E-state index contributed by atoms with van der Waals surface area (Å²) >= 11 is 0. The number of hydrogen-bond donors (Lipinski definition) is 2. The van der Waals surface area contributed by atoms with E-state index in [9.17, 15) is 9.59 Å². The summed E-state index contributed by atoms with van der Waals surface area (Å²) in [5.41, 5.74) is 1.33. The van der Waals surface area contributed by atoms with Gasteiger partial charge in [0.1, 0.15) is 5.75 Å². The molecule has 7 heteroatoms. The normalized spacial score (nSPS) is 11.4. The van der Waals surface area contributed by atoms with Crippen molar-refractivity contribution in [2.45, 2.75) is 19.9 Å². The van der Waals surface area contributed by atoms with Crippen LogP contribution in [0, 0.1) is 0 Å². The van der Waals surface area contributed by atoms with Crippen molar-refractivity contribution >= 4 is 11.9 Å². The molecule has 0 aliphatic carbocycles. The van der Waals surface area contributed by atoms with Crippen molar-refractivity contribution in [2.75, 3.05) is 20.3 Å². The average Bonchev–Trinajstić information content (AvgIpc) is 2.67. The number of carbonyl (C=O) groups is 2. The van der Waals surface area contributed by atoms with Gasteiger partial charge in [-0.25, -0.2) is 4.79 Å². The topological polar surface area (TPSA) is 94.1 Å². The number of carboxylic acids is 1. The summed E-state index contributed by atoms with van der Waals surface area (Å²) < 4.78 is 15.8. The standard InChI is InChI=1S/C20H23NO6/c1-4-26-17-10-7-15(11-18(17)25-3)20(24)21-13(2)14-5-8-16(9-6-14)27-12-19(22)23/h5-11,13H,4,12H2,1-3H3,(H,21,24)(H,22,23). The molecule has 0 aliphatic rings. The fourth-order valence-electron chi connectivity index (χ4n) is 2.44. The number of aliphatic carboxylic acids is 1. The summed E-state index contributed by atoms with van der Waals surface area (Å²) in [6, 6.07) is 11.7. The van der Waals surface area contributed by atoms with Crippen LogP contribution in [0.1, 0.15) is 35.8 Å². The van der Waals surface area contributed by atoms with Crippen molar-refractivity contribution in [1.82, 2.24) is 5.32 Å². The molecule has 0 heterocycles. The van der Waals surface area contributed by atoms with Gasteiger partial charge in [0.2, 0.25) is 0 Å². The molecule has 0 saturated heterocycles. The van der Waals surface area contributed by atoms with Crippen molar-refractivity contribution in [3.63, 3.8) is 0 Å². The second-order valence-corrected chi connectivity index (χ2v) is 5.75. The van der Waals surface area contributed by atoms with Crippen LogP contribution < -0.4 is 19.5 Å². The lowest BCUT2D eigenvalue weighted by Gasteiger charge is -2.16. The third-order valence-electron chi connectivity index (χ3n) is 3.82. The highest BCUT2D eigenvalue weighted by Crippen LogP contribution is 2.28. The number of amides is 1. The molecular weight excluding hydrogens is 350 g/mol. The second kappa shape index (κ2) is 9.47. The molecule has 0 aliphatic heterocycles. The van der Waals surface area contributed by atoms with Gasteiger partial charge in [0, 0.05) is 5.56 Å². The average molecular weight is 373 g/mol. The molecule has 0 aromatic heterocycles. The molecule has 0 fully saturated rings. The Kier molecular flexibility index (Phi) is 7.05. The maximum absolute atomic E-state index is 12.5. The summed E-state index contributed by atoms with van der Waals surface area (Å²) in [5.74, 6) is 0.259. The van der Waals surface area contributed by atoms with Gasteiger partial charge >= 0.3 is 5.97 Å². The number of rotatable bonds is 9. The minimum absolute atomic E-state index is 0.241. The molecule has 0 bridgehead atoms. The summed E-state index contributed by atoms with van der Waals surface area (Å²) in [6.07, 6.45) is 0. The molecule has 2 aromatic carbocycles. The largest absolute Gasteiger partial charge is 0.493 e. The smallest absolute Gasteiger partial charge is 0.341 e. The predicted molar refractivity (Wildman–Crippen MR) is 99.6 cm³/mol. The first-order valence-electron chi connectivity index (χ1n) is 8.50. The minimum atomic E-state index is -1.04. The molecule has 0 spiro atoms. The molecule has 2 rings (SSSR count). The number of benzene rings is 2. The van der Waals surface area contributed by atoms with Gasteiger partial charge in [0.25, 0.3) is 5.91 Å². The number of ether oxygens (including phenoxy) is 3. The van der Waals surface area contributed by atoms with E-state index in [0.29, 0.717) is 29.4 Å². The highest BCUT2D eigenvalue weighted by Gasteiger charge is 2.14. The lowest BCUT2D eigenvalue weighted by molar-refractivity contribution is -0.139. The summed E-state index contributed by atoms with van der Waals surface area (Å²) in [6.45, 7) is 3.84. The van der Waals surface area contributed by atoms with E-state index < -0.39 is 12.6 Å². The van der Waals surface area contributed by atoms with Gasteiger partial charge < -0.3 is 24.6 Å². The predicted octanol–water partition coefficient (Wildman–Crippen LogP) is 3.05. The van der Waals surface area contributed by atoms with Crippen molar-refractivity contribution in [3.8, 4) is 17.2 Å². The number of hydrogen-bond acceptors (Lipinski definition) is 5. The van der Waals surface area contributed by atoms with Crippen molar-refractivity contribution < 1.29 is 28.9 Å². The molecule has 27 heavy (non-hydrogen) atoms. The van der Waals surface area contributed by atoms with Crippen LogP contribution in [0.5, 0.6) is 17.2 Å². The number of methoxy groups -OCH3 is 1. The van der Waals surface area contributed by atoms with Crippen LogP contribution in [0.3, 0.4) is 0 Å². The summed E-state index contributed by atoms with van der Waals surface area (Å²) in [5, 5.41) is 11.5. The van der Waals surface area contributed by atoms with Gasteiger partial charge in [-0.05, 0) is 49.7 Å². The fraction of sp³-hybridized carbons (Fsp3) is 0.300. The van der Waals surface area contributed by atoms with E-state index in [-0.39, 0.29) is 11.9 Å². The van der Waals surface area contributed by atoms with Gasteiger partial charge in [-0.15, -0.1) is 0 Å². The maximum atomic E-state index is 12.5. The highest BCUT2D eigenvalue weighted by atomic mass is 16.5. The SMILES string of the molecule is CCOc1ccc(C(=O)NC(C)c2ccc(OCC(=O)O)cc2)cc1OC. The van der Waals surface area contributed by atoms with Crippen LogP contribution >= 0.6 is 0 Å². The van der Waals surface area contributed by atoms with E-state index >= 15 is 0 Å². The molecule has 1 atom stereocenters. The maximum Gasteiger partial charge on any atom is 0.341 e. The van der Waals surface area contributed by atoms with Crippen LogP contribution in [0.25, 0.3) is 0 Å². The lowest BCUT2D eigenvalue weighted by Crippen LogP contribution is -2.26. The molecule has 1 amide bonds. The summed E-state index contributed by atoms with van der Waals surface area (Å²) in [7, 11) is 1.52. The molecule has 2 N–H and O–H groups in total. The zero-order chi connectivity index (χ0) is 19.8. The summed E-state index contributed by atoms with van der Waals surface area (Å²) in [4.78, 5) is 23.0. The van der Waals surface area contributed by atoms with Gasteiger partial charge in [0.15, 0.2) is 18.1 Å². The third kappa shape index (κ3) is 5.64. The Morgan fingerprint density at radius 3 is 2.37 bits per heavy atom. The van der Waals surface area contributed by atoms with E-state index in [2.05, 4.69) is 5.32 Å². The first-order chi connectivity index (χ1) is 12.9. The van der Waals surface area contributed by atoms with Crippen LogP contribution in [-0.4, -0.2) is 37.3 Å². The molecular formula is C20H23NO6. The van der Waals surface area contributed by atoms with E-state index in [1.807, 2.05) is 13.8 Å². The molecule has 0 saturated carbocycles. The van der Waals surface area contributed by atoms with Gasteiger partial charge in [-0.1, -0.05) is 12.1 Å². The molecule has 0 radical (unpaired) electrons. The van der Waals surface area contributed by atoms with Crippen LogP contribution in [0.4, 0.5) is 0 Å². The third-order valence-corrected chi connectivity index (χ3v) is 3.82. The van der Waals surface area contributed by atoms with E-state index in [0.717, 1.165) is 5.56 Å². The van der Waals surface area contributed by atoms with E-state index in [1.54, 1.807) is 42.5 Å². The Morgan fingerprint density at radius 1 is 1.07 bits per heavy atom. The molecule has 7 nitrogen and oxygen atoms in total. The fourth-order valence-corrected chi connectivity index (χ4v) is 2.44. The zero-order valence-electron chi connectivity index (χ0n) is 15.5. The number of nitrogens with one attached hydrogen (secondary N) is 1. The molecule has 2 aromatic rings. The minimum Gasteiger partial charge on any atom is -0.493 e. The molecule has 1 unspecified atom stereocenters. The van der Waals surface area contributed by atoms with Gasteiger partial charge in [0.05, 0.1) is 19.8 Å². The zero-order valence-corrected chi connectivity index (χ0v) is 15.5. The quantitative estimate of drug-likeness (QED) is 0.702. The Bertz CT molecular complexity index is 788. The first kappa shape index (κ1) is 20.1. The van der Waals surface area contributed by atoms with Crippen LogP contribution in [-0.2, 0) is 4.79 Å². The number of carbonyl (C=O) groups excluding carboxylic acids is 1. The second-order valence-electron chi connectivity index (χ2n) is 5.75.